The third-order valence-corrected chi connectivity index (χ3v) is 4.89. The molecule has 1 aliphatic heterocycles. The van der Waals surface area contributed by atoms with Crippen LogP contribution in [0, 0.1) is 0 Å². The highest BCUT2D eigenvalue weighted by Gasteiger charge is 2.19. The lowest BCUT2D eigenvalue weighted by Crippen LogP contribution is -2.32. The Labute approximate surface area is 155 Å². The first-order valence-corrected chi connectivity index (χ1v) is 9.08. The maximum absolute atomic E-state index is 11.7. The van der Waals surface area contributed by atoms with Gasteiger partial charge in [-0.05, 0) is 34.7 Å². The lowest BCUT2D eigenvalue weighted by molar-refractivity contribution is -0.128. The van der Waals surface area contributed by atoms with Crippen molar-refractivity contribution in [2.75, 3.05) is 26.7 Å². The molecule has 2 aromatic carbocycles. The Bertz CT molecular complexity index is 745. The molecule has 5 nitrogen and oxygen atoms in total. The molecule has 0 spiro atoms. The first-order chi connectivity index (χ1) is 12.5. The minimum atomic E-state index is -0.179. The van der Waals surface area contributed by atoms with Gasteiger partial charge < -0.3 is 15.7 Å². The van der Waals surface area contributed by atoms with E-state index in [2.05, 4.69) is 41.3 Å². The molecular formula is C21H27N3O2. The molecule has 138 valence electrons. The maximum atomic E-state index is 11.7. The van der Waals surface area contributed by atoms with Crippen LogP contribution in [-0.4, -0.2) is 53.6 Å². The first-order valence-electron chi connectivity index (χ1n) is 9.08. The van der Waals surface area contributed by atoms with E-state index in [9.17, 15) is 9.90 Å². The lowest BCUT2D eigenvalue weighted by Gasteiger charge is -2.17. The SMILES string of the molecule is CN(Cc1cccc(-c2ccc(CN3CCC(O)C3)cc2)c1)C(=O)CN. The van der Waals surface area contributed by atoms with Crippen LogP contribution in [0.4, 0.5) is 0 Å². The molecule has 0 saturated carbocycles. The monoisotopic (exact) mass is 353 g/mol. The number of β-amino-alcohol motifs (C(OH)–C–C–N with tert-alkyl or cyclic N) is 1. The molecule has 26 heavy (non-hydrogen) atoms. The molecule has 1 fully saturated rings. The molecule has 0 aromatic heterocycles. The minimum absolute atomic E-state index is 0.0334. The Kier molecular flexibility index (Phi) is 6.04. The van der Waals surface area contributed by atoms with Crippen molar-refractivity contribution in [3.63, 3.8) is 0 Å². The Hall–Kier alpha value is -2.21. The van der Waals surface area contributed by atoms with Gasteiger partial charge in [-0.2, -0.15) is 0 Å². The van der Waals surface area contributed by atoms with E-state index in [0.717, 1.165) is 42.7 Å². The van der Waals surface area contributed by atoms with Gasteiger partial charge in [-0.1, -0.05) is 42.5 Å². The lowest BCUT2D eigenvalue weighted by atomic mass is 10.0. The summed E-state index contributed by atoms with van der Waals surface area (Å²) in [7, 11) is 1.77. The third-order valence-electron chi connectivity index (χ3n) is 4.89. The Morgan fingerprint density at radius 2 is 1.96 bits per heavy atom. The number of aliphatic hydroxyl groups excluding tert-OH is 1. The summed E-state index contributed by atoms with van der Waals surface area (Å²) in [5.41, 5.74) is 10.1. The zero-order chi connectivity index (χ0) is 18.5. The summed E-state index contributed by atoms with van der Waals surface area (Å²) in [5, 5.41) is 9.64. The Balaban J connectivity index is 1.67. The van der Waals surface area contributed by atoms with Crippen molar-refractivity contribution in [3.8, 4) is 11.1 Å². The number of amides is 1. The van der Waals surface area contributed by atoms with Crippen LogP contribution >= 0.6 is 0 Å². The number of nitrogens with zero attached hydrogens (tertiary/aromatic N) is 2. The van der Waals surface area contributed by atoms with Gasteiger partial charge in [0.1, 0.15) is 0 Å². The predicted octanol–water partition coefficient (Wildman–Crippen LogP) is 1.84. The van der Waals surface area contributed by atoms with Crippen LogP contribution in [0.15, 0.2) is 48.5 Å². The highest BCUT2D eigenvalue weighted by Crippen LogP contribution is 2.22. The average molecular weight is 353 g/mol. The summed E-state index contributed by atoms with van der Waals surface area (Å²) in [4.78, 5) is 15.6. The standard InChI is InChI=1S/C21H27N3O2/c1-23(21(26)12-22)13-17-3-2-4-19(11-17)18-7-5-16(6-8-18)14-24-10-9-20(25)15-24/h2-8,11,20,25H,9-10,12-15,22H2,1H3. The number of likely N-dealkylation sites (N-methyl/N-ethyl adjacent to an activating group) is 1. The van der Waals surface area contributed by atoms with Crippen molar-refractivity contribution in [2.45, 2.75) is 25.6 Å². The number of nitrogens with two attached hydrogens (primary N) is 1. The molecule has 1 aliphatic rings. The first kappa shape index (κ1) is 18.6. The second-order valence-electron chi connectivity index (χ2n) is 7.03. The van der Waals surface area contributed by atoms with Crippen LogP contribution in [0.2, 0.25) is 0 Å². The van der Waals surface area contributed by atoms with E-state index in [1.54, 1.807) is 11.9 Å². The van der Waals surface area contributed by atoms with Crippen LogP contribution in [0.5, 0.6) is 0 Å². The van der Waals surface area contributed by atoms with Gasteiger partial charge in [-0.3, -0.25) is 9.69 Å². The van der Waals surface area contributed by atoms with Gasteiger partial charge in [0.2, 0.25) is 5.91 Å². The molecule has 0 bridgehead atoms. The van der Waals surface area contributed by atoms with E-state index in [-0.39, 0.29) is 18.6 Å². The van der Waals surface area contributed by atoms with Crippen molar-refractivity contribution in [1.29, 1.82) is 0 Å². The molecule has 3 N–H and O–H groups in total. The molecule has 1 amide bonds. The molecular weight excluding hydrogens is 326 g/mol. The largest absolute Gasteiger partial charge is 0.392 e. The topological polar surface area (TPSA) is 69.8 Å². The quantitative estimate of drug-likeness (QED) is 0.831. The molecule has 5 heteroatoms. The molecule has 1 heterocycles. The summed E-state index contributed by atoms with van der Waals surface area (Å²) in [6.45, 7) is 3.19. The molecule has 1 saturated heterocycles. The fourth-order valence-electron chi connectivity index (χ4n) is 3.38. The summed E-state index contributed by atoms with van der Waals surface area (Å²) < 4.78 is 0. The van der Waals surface area contributed by atoms with Crippen LogP contribution in [0.1, 0.15) is 17.5 Å². The highest BCUT2D eigenvalue weighted by molar-refractivity contribution is 5.77. The number of rotatable bonds is 6. The molecule has 1 unspecified atom stereocenters. The number of hydrogen-bond acceptors (Lipinski definition) is 4. The van der Waals surface area contributed by atoms with Crippen LogP contribution in [0.25, 0.3) is 11.1 Å². The third kappa shape index (κ3) is 4.69. The van der Waals surface area contributed by atoms with Gasteiger partial charge in [0.05, 0.1) is 12.6 Å². The van der Waals surface area contributed by atoms with Crippen molar-refractivity contribution in [3.05, 3.63) is 59.7 Å². The zero-order valence-electron chi connectivity index (χ0n) is 15.3. The highest BCUT2D eigenvalue weighted by atomic mass is 16.3. The van der Waals surface area contributed by atoms with Gasteiger partial charge in [-0.25, -0.2) is 0 Å². The fourth-order valence-corrected chi connectivity index (χ4v) is 3.38. The van der Waals surface area contributed by atoms with Crippen LogP contribution < -0.4 is 5.73 Å². The van der Waals surface area contributed by atoms with Gasteiger partial charge in [-0.15, -0.1) is 0 Å². The fraction of sp³-hybridized carbons (Fsp3) is 0.381. The predicted molar refractivity (Wildman–Crippen MR) is 103 cm³/mol. The summed E-state index contributed by atoms with van der Waals surface area (Å²) in [6, 6.07) is 16.8. The van der Waals surface area contributed by atoms with E-state index in [1.165, 1.54) is 5.56 Å². The zero-order valence-corrected chi connectivity index (χ0v) is 15.3. The second kappa shape index (κ2) is 8.45. The van der Waals surface area contributed by atoms with E-state index in [4.69, 9.17) is 5.73 Å². The Morgan fingerprint density at radius 1 is 1.19 bits per heavy atom. The van der Waals surface area contributed by atoms with Crippen molar-refractivity contribution in [2.24, 2.45) is 5.73 Å². The Morgan fingerprint density at radius 3 is 2.62 bits per heavy atom. The van der Waals surface area contributed by atoms with Gasteiger partial charge >= 0.3 is 0 Å². The van der Waals surface area contributed by atoms with Gasteiger partial charge in [0.25, 0.3) is 0 Å². The molecule has 0 radical (unpaired) electrons. The number of hydrogen-bond donors (Lipinski definition) is 2. The summed E-state index contributed by atoms with van der Waals surface area (Å²) >= 11 is 0. The van der Waals surface area contributed by atoms with Crippen LogP contribution in [-0.2, 0) is 17.9 Å². The normalized spacial score (nSPS) is 17.4. The van der Waals surface area contributed by atoms with Gasteiger partial charge in [0, 0.05) is 33.2 Å². The van der Waals surface area contributed by atoms with E-state index >= 15 is 0 Å². The second-order valence-corrected chi connectivity index (χ2v) is 7.03. The molecule has 0 aliphatic carbocycles. The van der Waals surface area contributed by atoms with Crippen molar-refractivity contribution >= 4 is 5.91 Å². The van der Waals surface area contributed by atoms with E-state index in [0.29, 0.717) is 6.54 Å². The van der Waals surface area contributed by atoms with E-state index in [1.807, 2.05) is 12.1 Å². The minimum Gasteiger partial charge on any atom is -0.392 e. The summed E-state index contributed by atoms with van der Waals surface area (Å²) in [6.07, 6.45) is 0.688. The van der Waals surface area contributed by atoms with Crippen LogP contribution in [0.3, 0.4) is 0 Å². The molecule has 3 rings (SSSR count). The molecule has 2 aromatic rings. The number of carbonyl (C=O) groups is 1. The van der Waals surface area contributed by atoms with Crippen molar-refractivity contribution < 1.29 is 9.90 Å². The number of aliphatic hydroxyl groups is 1. The van der Waals surface area contributed by atoms with Gasteiger partial charge in [0.15, 0.2) is 0 Å². The van der Waals surface area contributed by atoms with Crippen molar-refractivity contribution in [1.82, 2.24) is 9.80 Å². The average Bonchev–Trinajstić information content (AvgIpc) is 3.06. The number of carbonyl (C=O) groups excluding carboxylic acids is 1. The number of benzene rings is 2. The summed E-state index contributed by atoms with van der Waals surface area (Å²) in [5.74, 6) is -0.0632. The maximum Gasteiger partial charge on any atom is 0.236 e. The number of likely N-dealkylation sites (tertiary alicyclic amines) is 1. The smallest absolute Gasteiger partial charge is 0.236 e. The molecule has 1 atom stereocenters. The van der Waals surface area contributed by atoms with E-state index < -0.39 is 0 Å².